The summed E-state index contributed by atoms with van der Waals surface area (Å²) >= 11 is 3.08. The summed E-state index contributed by atoms with van der Waals surface area (Å²) in [4.78, 5) is 0. The fraction of sp³-hybridized carbons (Fsp3) is 0.214. The first-order valence-corrected chi connectivity index (χ1v) is 8.33. The van der Waals surface area contributed by atoms with E-state index in [1.54, 1.807) is 18.9 Å². The minimum absolute atomic E-state index is 0.713. The van der Waals surface area contributed by atoms with Gasteiger partial charge in [0.2, 0.25) is 5.13 Å². The average molecular weight is 334 g/mol. The number of benzene rings is 1. The van der Waals surface area contributed by atoms with Crippen molar-refractivity contribution < 1.29 is 9.26 Å². The normalized spacial score (nSPS) is 10.6. The summed E-state index contributed by atoms with van der Waals surface area (Å²) in [5.41, 5.74) is 1.82. The van der Waals surface area contributed by atoms with E-state index in [0.29, 0.717) is 5.75 Å². The zero-order chi connectivity index (χ0) is 15.4. The molecular formula is C14H14N4O2S2. The fourth-order valence-electron chi connectivity index (χ4n) is 1.76. The monoisotopic (exact) mass is 334 g/mol. The van der Waals surface area contributed by atoms with Crippen LogP contribution in [0.2, 0.25) is 0 Å². The SMILES string of the molecule is COc1cccc(Nc2nnc(SCc3cc(C)on3)s2)c1. The number of nitrogens with zero attached hydrogens (tertiary/aromatic N) is 3. The number of anilines is 2. The molecule has 0 unspecified atom stereocenters. The fourth-order valence-corrected chi connectivity index (χ4v) is 3.42. The van der Waals surface area contributed by atoms with E-state index in [-0.39, 0.29) is 0 Å². The van der Waals surface area contributed by atoms with Crippen LogP contribution in [0.25, 0.3) is 0 Å². The van der Waals surface area contributed by atoms with Gasteiger partial charge in [-0.25, -0.2) is 0 Å². The summed E-state index contributed by atoms with van der Waals surface area (Å²) in [6.45, 7) is 1.88. The van der Waals surface area contributed by atoms with Crippen molar-refractivity contribution in [2.75, 3.05) is 12.4 Å². The molecular weight excluding hydrogens is 320 g/mol. The van der Waals surface area contributed by atoms with Crippen LogP contribution in [0.3, 0.4) is 0 Å². The summed E-state index contributed by atoms with van der Waals surface area (Å²) < 4.78 is 11.1. The first-order chi connectivity index (χ1) is 10.7. The molecule has 0 fully saturated rings. The van der Waals surface area contributed by atoms with Gasteiger partial charge in [0.25, 0.3) is 0 Å². The quantitative estimate of drug-likeness (QED) is 0.686. The lowest BCUT2D eigenvalue weighted by atomic mass is 10.3. The highest BCUT2D eigenvalue weighted by Crippen LogP contribution is 2.30. The number of methoxy groups -OCH3 is 1. The number of ether oxygens (including phenoxy) is 1. The van der Waals surface area contributed by atoms with Crippen LogP contribution in [0, 0.1) is 6.92 Å². The highest BCUT2D eigenvalue weighted by atomic mass is 32.2. The van der Waals surface area contributed by atoms with Gasteiger partial charge in [0.1, 0.15) is 11.5 Å². The number of hydrogen-bond acceptors (Lipinski definition) is 8. The van der Waals surface area contributed by atoms with Crippen molar-refractivity contribution in [2.45, 2.75) is 17.0 Å². The highest BCUT2D eigenvalue weighted by molar-refractivity contribution is 8.00. The summed E-state index contributed by atoms with van der Waals surface area (Å²) in [5.74, 6) is 2.32. The predicted octanol–water partition coefficient (Wildman–Crippen LogP) is 3.88. The maximum Gasteiger partial charge on any atom is 0.210 e. The van der Waals surface area contributed by atoms with E-state index in [1.807, 2.05) is 37.3 Å². The second-order valence-corrected chi connectivity index (χ2v) is 6.65. The number of hydrogen-bond donors (Lipinski definition) is 1. The van der Waals surface area contributed by atoms with Gasteiger partial charge in [-0.05, 0) is 19.1 Å². The minimum atomic E-state index is 0.713. The van der Waals surface area contributed by atoms with Crippen LogP contribution in [0.5, 0.6) is 5.75 Å². The van der Waals surface area contributed by atoms with E-state index in [0.717, 1.165) is 32.4 Å². The Bertz CT molecular complexity index is 757. The molecule has 22 heavy (non-hydrogen) atoms. The Morgan fingerprint density at radius 1 is 1.32 bits per heavy atom. The molecule has 0 radical (unpaired) electrons. The Labute approximate surface area is 135 Å². The van der Waals surface area contributed by atoms with Gasteiger partial charge < -0.3 is 14.6 Å². The zero-order valence-corrected chi connectivity index (χ0v) is 13.7. The Morgan fingerprint density at radius 2 is 2.23 bits per heavy atom. The first-order valence-electron chi connectivity index (χ1n) is 6.52. The van der Waals surface area contributed by atoms with E-state index in [4.69, 9.17) is 9.26 Å². The molecule has 0 aliphatic rings. The first kappa shape index (κ1) is 14.9. The van der Waals surface area contributed by atoms with E-state index in [9.17, 15) is 0 Å². The van der Waals surface area contributed by atoms with Crippen LogP contribution in [0.1, 0.15) is 11.5 Å². The molecule has 0 saturated heterocycles. The van der Waals surface area contributed by atoms with E-state index in [1.165, 1.54) is 11.3 Å². The second kappa shape index (κ2) is 6.80. The molecule has 3 aromatic rings. The van der Waals surface area contributed by atoms with Crippen molar-refractivity contribution >= 4 is 33.9 Å². The second-order valence-electron chi connectivity index (χ2n) is 4.45. The van der Waals surface area contributed by atoms with Gasteiger partial charge in [-0.1, -0.05) is 34.3 Å². The molecule has 0 saturated carbocycles. The molecule has 2 aromatic heterocycles. The largest absolute Gasteiger partial charge is 0.497 e. The number of thioether (sulfide) groups is 1. The van der Waals surface area contributed by atoms with E-state index >= 15 is 0 Å². The molecule has 2 heterocycles. The lowest BCUT2D eigenvalue weighted by Crippen LogP contribution is -1.90. The number of aryl methyl sites for hydroxylation is 1. The molecule has 6 nitrogen and oxygen atoms in total. The van der Waals surface area contributed by atoms with Crippen molar-refractivity contribution in [2.24, 2.45) is 0 Å². The Balaban J connectivity index is 1.60. The topological polar surface area (TPSA) is 73.1 Å². The van der Waals surface area contributed by atoms with Crippen LogP contribution in [-0.2, 0) is 5.75 Å². The zero-order valence-electron chi connectivity index (χ0n) is 12.1. The molecule has 0 amide bonds. The van der Waals surface area contributed by atoms with Gasteiger partial charge in [-0.15, -0.1) is 10.2 Å². The molecule has 0 aliphatic carbocycles. The summed E-state index contributed by atoms with van der Waals surface area (Å²) in [7, 11) is 1.64. The van der Waals surface area contributed by atoms with Crippen LogP contribution >= 0.6 is 23.1 Å². The summed E-state index contributed by atoms with van der Waals surface area (Å²) in [6, 6.07) is 9.60. The van der Waals surface area contributed by atoms with Crippen molar-refractivity contribution in [3.05, 3.63) is 41.8 Å². The van der Waals surface area contributed by atoms with Crippen LogP contribution in [-0.4, -0.2) is 22.5 Å². The predicted molar refractivity (Wildman–Crippen MR) is 87.0 cm³/mol. The third kappa shape index (κ3) is 3.77. The van der Waals surface area contributed by atoms with Crippen molar-refractivity contribution in [3.8, 4) is 5.75 Å². The van der Waals surface area contributed by atoms with Crippen LogP contribution < -0.4 is 10.1 Å². The molecule has 0 aliphatic heterocycles. The molecule has 8 heteroatoms. The van der Waals surface area contributed by atoms with Gasteiger partial charge in [-0.3, -0.25) is 0 Å². The Morgan fingerprint density at radius 3 is 3.00 bits per heavy atom. The van der Waals surface area contributed by atoms with Crippen LogP contribution in [0.15, 0.2) is 39.2 Å². The molecule has 0 bridgehead atoms. The smallest absolute Gasteiger partial charge is 0.210 e. The van der Waals surface area contributed by atoms with Crippen molar-refractivity contribution in [1.29, 1.82) is 0 Å². The Kier molecular flexibility index (Phi) is 4.59. The van der Waals surface area contributed by atoms with Gasteiger partial charge in [0.15, 0.2) is 4.34 Å². The van der Waals surface area contributed by atoms with Gasteiger partial charge in [0, 0.05) is 23.6 Å². The number of rotatable bonds is 6. The highest BCUT2D eigenvalue weighted by Gasteiger charge is 2.08. The molecule has 114 valence electrons. The average Bonchev–Trinajstić information content (AvgIpc) is 3.14. The van der Waals surface area contributed by atoms with E-state index < -0.39 is 0 Å². The van der Waals surface area contributed by atoms with Gasteiger partial charge in [0.05, 0.1) is 12.8 Å². The maximum absolute atomic E-state index is 5.19. The molecule has 0 spiro atoms. The Hall–Kier alpha value is -2.06. The van der Waals surface area contributed by atoms with Crippen LogP contribution in [0.4, 0.5) is 10.8 Å². The molecule has 1 N–H and O–H groups in total. The third-order valence-electron chi connectivity index (χ3n) is 2.75. The molecule has 3 rings (SSSR count). The number of aromatic nitrogens is 3. The minimum Gasteiger partial charge on any atom is -0.497 e. The maximum atomic E-state index is 5.19. The van der Waals surface area contributed by atoms with Gasteiger partial charge in [-0.2, -0.15) is 0 Å². The lowest BCUT2D eigenvalue weighted by Gasteiger charge is -2.04. The standard InChI is InChI=1S/C14H14N4O2S2/c1-9-6-11(18-20-9)8-21-14-17-16-13(22-14)15-10-4-3-5-12(7-10)19-2/h3-7H,8H2,1-2H3,(H,15,16). The molecule has 1 aromatic carbocycles. The van der Waals surface area contributed by atoms with Crippen molar-refractivity contribution in [3.63, 3.8) is 0 Å². The summed E-state index contributed by atoms with van der Waals surface area (Å²) in [6.07, 6.45) is 0. The lowest BCUT2D eigenvalue weighted by molar-refractivity contribution is 0.393. The third-order valence-corrected chi connectivity index (χ3v) is 4.75. The van der Waals surface area contributed by atoms with E-state index in [2.05, 4.69) is 20.7 Å². The van der Waals surface area contributed by atoms with Crippen molar-refractivity contribution in [1.82, 2.24) is 15.4 Å². The summed E-state index contributed by atoms with van der Waals surface area (Å²) in [5, 5.41) is 16.2. The number of nitrogens with one attached hydrogen (secondary N) is 1. The molecule has 0 atom stereocenters. The van der Waals surface area contributed by atoms with Gasteiger partial charge >= 0.3 is 0 Å².